The van der Waals surface area contributed by atoms with Gasteiger partial charge in [0, 0.05) is 17.1 Å². The van der Waals surface area contributed by atoms with Gasteiger partial charge in [0.25, 0.3) is 11.7 Å². The van der Waals surface area contributed by atoms with Crippen LogP contribution in [0.4, 0.5) is 0 Å². The maximum atomic E-state index is 13.2. The molecule has 0 saturated carbocycles. The fraction of sp³-hybridized carbons (Fsp3) is 0.154. The number of carbonyl (C=O) groups is 2. The van der Waals surface area contributed by atoms with E-state index in [2.05, 4.69) is 0 Å². The molecule has 0 spiro atoms. The maximum absolute atomic E-state index is 13.2. The monoisotopic (exact) mass is 477 g/mol. The lowest BCUT2D eigenvalue weighted by molar-refractivity contribution is -0.140. The van der Waals surface area contributed by atoms with Gasteiger partial charge in [-0.2, -0.15) is 0 Å². The van der Waals surface area contributed by atoms with E-state index < -0.39 is 17.7 Å². The number of fused-ring (bicyclic) bond motifs is 1. The van der Waals surface area contributed by atoms with Crippen LogP contribution in [0.2, 0.25) is 5.02 Å². The molecule has 34 heavy (non-hydrogen) atoms. The van der Waals surface area contributed by atoms with Gasteiger partial charge in [-0.15, -0.1) is 0 Å². The van der Waals surface area contributed by atoms with Crippen LogP contribution in [0, 0.1) is 0 Å². The average Bonchev–Trinajstić information content (AvgIpc) is 3.41. The summed E-state index contributed by atoms with van der Waals surface area (Å²) < 4.78 is 16.2. The first kappa shape index (κ1) is 21.9. The highest BCUT2D eigenvalue weighted by molar-refractivity contribution is 6.46. The molecular weight excluding hydrogens is 458 g/mol. The number of ketones is 1. The number of halogens is 1. The minimum atomic E-state index is -0.834. The number of likely N-dealkylation sites (tertiary alicyclic amines) is 1. The smallest absolute Gasteiger partial charge is 0.295 e. The normalized spacial score (nSPS) is 18.4. The van der Waals surface area contributed by atoms with E-state index in [4.69, 9.17) is 25.8 Å². The summed E-state index contributed by atoms with van der Waals surface area (Å²) in [6.45, 7) is 0.252. The molecule has 5 rings (SSSR count). The van der Waals surface area contributed by atoms with Gasteiger partial charge in [-0.1, -0.05) is 41.9 Å². The molecule has 1 N–H and O–H groups in total. The van der Waals surface area contributed by atoms with Crippen molar-refractivity contribution in [3.05, 3.63) is 94.0 Å². The number of carbonyl (C=O) groups excluding carboxylic acids is 2. The molecule has 0 bridgehead atoms. The minimum Gasteiger partial charge on any atom is -0.507 e. The summed E-state index contributed by atoms with van der Waals surface area (Å²) in [5.74, 6) is -0.0158. The van der Waals surface area contributed by atoms with Crippen molar-refractivity contribution in [2.75, 3.05) is 13.9 Å². The third-order valence-electron chi connectivity index (χ3n) is 5.84. The summed E-state index contributed by atoms with van der Waals surface area (Å²) in [4.78, 5) is 27.9. The molecule has 3 aromatic carbocycles. The summed E-state index contributed by atoms with van der Waals surface area (Å²) in [6, 6.07) is 18.1. The van der Waals surface area contributed by atoms with Gasteiger partial charge in [-0.3, -0.25) is 9.59 Å². The number of aliphatic hydroxyl groups is 1. The number of amides is 1. The lowest BCUT2D eigenvalue weighted by atomic mass is 9.95. The van der Waals surface area contributed by atoms with Crippen LogP contribution in [0.3, 0.4) is 0 Å². The van der Waals surface area contributed by atoms with Crippen LogP contribution >= 0.6 is 11.6 Å². The first-order valence-corrected chi connectivity index (χ1v) is 10.9. The molecule has 7 nitrogen and oxygen atoms in total. The summed E-state index contributed by atoms with van der Waals surface area (Å²) in [7, 11) is 1.54. The highest BCUT2D eigenvalue weighted by Crippen LogP contribution is 2.42. The second-order valence-corrected chi connectivity index (χ2v) is 8.34. The number of hydrogen-bond acceptors (Lipinski definition) is 6. The largest absolute Gasteiger partial charge is 0.507 e. The topological polar surface area (TPSA) is 85.3 Å². The SMILES string of the molecule is COc1cccc(C2/C(=C(\O)c3cccc(Cl)c3)C(=O)C(=O)N2Cc2ccc3c(c2)OCO3)c1. The molecule has 0 radical (unpaired) electrons. The lowest BCUT2D eigenvalue weighted by Gasteiger charge is -2.26. The Bertz CT molecular complexity index is 1330. The number of ether oxygens (including phenoxy) is 3. The Morgan fingerprint density at radius 3 is 2.65 bits per heavy atom. The van der Waals surface area contributed by atoms with Crippen LogP contribution in [0.1, 0.15) is 22.7 Å². The van der Waals surface area contributed by atoms with Crippen LogP contribution in [0.15, 0.2) is 72.3 Å². The Balaban J connectivity index is 1.63. The van der Waals surface area contributed by atoms with Gasteiger partial charge in [0.05, 0.1) is 18.7 Å². The molecule has 1 amide bonds. The second kappa shape index (κ2) is 8.76. The minimum absolute atomic E-state index is 0.0127. The summed E-state index contributed by atoms with van der Waals surface area (Å²) >= 11 is 6.10. The van der Waals surface area contributed by atoms with E-state index in [0.717, 1.165) is 5.56 Å². The number of benzene rings is 3. The molecule has 172 valence electrons. The molecule has 1 atom stereocenters. The van der Waals surface area contributed by atoms with E-state index in [1.807, 2.05) is 6.07 Å². The van der Waals surface area contributed by atoms with Crippen molar-refractivity contribution in [2.24, 2.45) is 0 Å². The van der Waals surface area contributed by atoms with Gasteiger partial charge in [0.1, 0.15) is 11.5 Å². The van der Waals surface area contributed by atoms with E-state index in [0.29, 0.717) is 33.4 Å². The van der Waals surface area contributed by atoms with Gasteiger partial charge in [-0.25, -0.2) is 0 Å². The molecule has 1 unspecified atom stereocenters. The zero-order chi connectivity index (χ0) is 23.8. The molecule has 3 aromatic rings. The quantitative estimate of drug-likeness (QED) is 0.326. The molecule has 1 saturated heterocycles. The van der Waals surface area contributed by atoms with Crippen molar-refractivity contribution in [1.82, 2.24) is 4.90 Å². The molecule has 1 fully saturated rings. The third kappa shape index (κ3) is 3.84. The van der Waals surface area contributed by atoms with Crippen molar-refractivity contribution in [3.63, 3.8) is 0 Å². The summed E-state index contributed by atoms with van der Waals surface area (Å²) in [5.41, 5.74) is 1.72. The summed E-state index contributed by atoms with van der Waals surface area (Å²) in [6.07, 6.45) is 0. The highest BCUT2D eigenvalue weighted by Gasteiger charge is 2.46. The van der Waals surface area contributed by atoms with E-state index in [-0.39, 0.29) is 24.7 Å². The van der Waals surface area contributed by atoms with Gasteiger partial charge < -0.3 is 24.2 Å². The van der Waals surface area contributed by atoms with Gasteiger partial charge in [0.15, 0.2) is 11.5 Å². The van der Waals surface area contributed by atoms with Crippen molar-refractivity contribution in [1.29, 1.82) is 0 Å². The van der Waals surface area contributed by atoms with E-state index in [1.165, 1.54) is 12.0 Å². The average molecular weight is 478 g/mol. The van der Waals surface area contributed by atoms with Crippen LogP contribution in [0.25, 0.3) is 5.76 Å². The third-order valence-corrected chi connectivity index (χ3v) is 6.07. The lowest BCUT2D eigenvalue weighted by Crippen LogP contribution is -2.29. The number of aliphatic hydroxyl groups excluding tert-OH is 1. The zero-order valence-electron chi connectivity index (χ0n) is 18.2. The number of hydrogen-bond donors (Lipinski definition) is 1. The predicted octanol–water partition coefficient (Wildman–Crippen LogP) is 4.70. The Morgan fingerprint density at radius 2 is 1.85 bits per heavy atom. The Morgan fingerprint density at radius 1 is 1.06 bits per heavy atom. The maximum Gasteiger partial charge on any atom is 0.295 e. The Kier molecular flexibility index (Phi) is 5.63. The number of Topliss-reactive ketones (excluding diaryl/α,β-unsaturated/α-hetero) is 1. The van der Waals surface area contributed by atoms with E-state index >= 15 is 0 Å². The molecule has 2 aliphatic rings. The molecule has 8 heteroatoms. The molecule has 2 heterocycles. The van der Waals surface area contributed by atoms with E-state index in [9.17, 15) is 14.7 Å². The van der Waals surface area contributed by atoms with Crippen LogP contribution < -0.4 is 14.2 Å². The molecule has 0 aliphatic carbocycles. The van der Waals surface area contributed by atoms with E-state index in [1.54, 1.807) is 60.7 Å². The van der Waals surface area contributed by atoms with Crippen molar-refractivity contribution in [3.8, 4) is 17.2 Å². The molecule has 2 aliphatic heterocycles. The second-order valence-electron chi connectivity index (χ2n) is 7.90. The first-order chi connectivity index (χ1) is 16.5. The fourth-order valence-corrected chi connectivity index (χ4v) is 4.42. The standard InChI is InChI=1S/C26H20ClNO6/c1-32-19-7-3-4-16(12-19)23-22(24(29)17-5-2-6-18(27)11-17)25(30)26(31)28(23)13-15-8-9-20-21(10-15)34-14-33-20/h2-12,23,29H,13-14H2,1H3/b24-22+. The Hall–Kier alpha value is -3.97. The van der Waals surface area contributed by atoms with Crippen molar-refractivity contribution in [2.45, 2.75) is 12.6 Å². The number of nitrogens with zero attached hydrogens (tertiary/aromatic N) is 1. The van der Waals surface area contributed by atoms with Gasteiger partial charge in [-0.05, 0) is 47.5 Å². The van der Waals surface area contributed by atoms with Crippen LogP contribution in [0.5, 0.6) is 17.2 Å². The molecule has 0 aromatic heterocycles. The Labute approximate surface area is 200 Å². The molecular formula is C26H20ClNO6. The zero-order valence-corrected chi connectivity index (χ0v) is 18.9. The van der Waals surface area contributed by atoms with Crippen molar-refractivity contribution >= 4 is 29.1 Å². The van der Waals surface area contributed by atoms with Gasteiger partial charge >= 0.3 is 0 Å². The van der Waals surface area contributed by atoms with Gasteiger partial charge in [0.2, 0.25) is 6.79 Å². The van der Waals surface area contributed by atoms with Crippen molar-refractivity contribution < 1.29 is 28.9 Å². The predicted molar refractivity (Wildman–Crippen MR) is 125 cm³/mol. The number of rotatable bonds is 5. The highest BCUT2D eigenvalue weighted by atomic mass is 35.5. The van der Waals surface area contributed by atoms with Crippen LogP contribution in [-0.4, -0.2) is 35.6 Å². The number of methoxy groups -OCH3 is 1. The fourth-order valence-electron chi connectivity index (χ4n) is 4.23. The first-order valence-electron chi connectivity index (χ1n) is 10.5. The summed E-state index contributed by atoms with van der Waals surface area (Å²) in [5, 5.41) is 11.6. The van der Waals surface area contributed by atoms with Crippen LogP contribution in [-0.2, 0) is 16.1 Å².